The maximum absolute atomic E-state index is 12.4. The van der Waals surface area contributed by atoms with E-state index < -0.39 is 0 Å². The monoisotopic (exact) mass is 385 g/mol. The normalized spacial score (nSPS) is 16.2. The summed E-state index contributed by atoms with van der Waals surface area (Å²) < 4.78 is 2.09. The Morgan fingerprint density at radius 3 is 2.67 bits per heavy atom. The molecule has 2 aromatic rings. The molecule has 0 saturated heterocycles. The quantitative estimate of drug-likeness (QED) is 0.682. The molecule has 0 aliphatic heterocycles. The molecule has 0 unspecified atom stereocenters. The molecule has 2 N–H and O–H groups in total. The van der Waals surface area contributed by atoms with Gasteiger partial charge in [0.2, 0.25) is 5.91 Å². The number of amides is 2. The zero-order valence-electron chi connectivity index (χ0n) is 15.3. The van der Waals surface area contributed by atoms with Gasteiger partial charge in [-0.25, -0.2) is 0 Å². The summed E-state index contributed by atoms with van der Waals surface area (Å²) in [6, 6.07) is 7.37. The number of para-hydroxylation sites is 1. The average Bonchev–Trinajstić information content (AvgIpc) is 3.60. The van der Waals surface area contributed by atoms with Gasteiger partial charge >= 0.3 is 0 Å². The van der Waals surface area contributed by atoms with E-state index in [-0.39, 0.29) is 23.6 Å². The average molecular weight is 385 g/mol. The lowest BCUT2D eigenvalue weighted by atomic mass is 10.1. The van der Waals surface area contributed by atoms with Crippen LogP contribution in [-0.4, -0.2) is 38.4 Å². The predicted octanol–water partition coefficient (Wildman–Crippen LogP) is 2.80. The second-order valence-electron chi connectivity index (χ2n) is 6.99. The number of anilines is 1. The lowest BCUT2D eigenvalue weighted by molar-refractivity contribution is -0.113. The lowest BCUT2D eigenvalue weighted by Gasteiger charge is -2.11. The van der Waals surface area contributed by atoms with Crippen LogP contribution >= 0.6 is 11.8 Å². The number of benzene rings is 1. The molecule has 2 aliphatic carbocycles. The maximum Gasteiger partial charge on any atom is 0.253 e. The minimum absolute atomic E-state index is 0.138. The molecule has 2 fully saturated rings. The summed E-state index contributed by atoms with van der Waals surface area (Å²) in [6.07, 6.45) is 4.39. The van der Waals surface area contributed by atoms with Crippen molar-refractivity contribution in [3.63, 3.8) is 0 Å². The third-order valence-corrected chi connectivity index (χ3v) is 5.66. The molecule has 142 valence electrons. The van der Waals surface area contributed by atoms with Crippen LogP contribution in [0.4, 0.5) is 5.69 Å². The third kappa shape index (κ3) is 4.32. The largest absolute Gasteiger partial charge is 0.349 e. The van der Waals surface area contributed by atoms with Gasteiger partial charge in [-0.3, -0.25) is 9.59 Å². The number of hydrogen-bond donors (Lipinski definition) is 2. The van der Waals surface area contributed by atoms with Crippen molar-refractivity contribution in [2.75, 3.05) is 11.1 Å². The van der Waals surface area contributed by atoms with Crippen LogP contribution in [0, 0.1) is 0 Å². The molecule has 0 bridgehead atoms. The van der Waals surface area contributed by atoms with Crippen LogP contribution in [0.15, 0.2) is 29.4 Å². The highest BCUT2D eigenvalue weighted by Crippen LogP contribution is 2.40. The first-order chi connectivity index (χ1) is 13.2. The van der Waals surface area contributed by atoms with Gasteiger partial charge in [0, 0.05) is 18.5 Å². The van der Waals surface area contributed by atoms with Crippen molar-refractivity contribution in [3.8, 4) is 0 Å². The summed E-state index contributed by atoms with van der Waals surface area (Å²) in [5.74, 6) is 1.48. The van der Waals surface area contributed by atoms with Crippen molar-refractivity contribution in [2.24, 2.45) is 0 Å². The van der Waals surface area contributed by atoms with Gasteiger partial charge in [0.15, 0.2) is 5.16 Å². The second-order valence-corrected chi connectivity index (χ2v) is 7.93. The molecule has 0 spiro atoms. The Labute approximate surface area is 162 Å². The number of nitrogens with zero attached hydrogens (tertiary/aromatic N) is 3. The molecule has 2 amide bonds. The molecule has 27 heavy (non-hydrogen) atoms. The van der Waals surface area contributed by atoms with Gasteiger partial charge in [-0.2, -0.15) is 0 Å². The van der Waals surface area contributed by atoms with Gasteiger partial charge in [-0.15, -0.1) is 10.2 Å². The molecule has 1 aromatic heterocycles. The van der Waals surface area contributed by atoms with Crippen LogP contribution in [-0.2, 0) is 11.3 Å². The SMILES string of the molecule is CCn1c(SCC(=O)Nc2ccccc2C(=O)NC2CC2)nnc1C1CC1. The van der Waals surface area contributed by atoms with Gasteiger partial charge in [-0.05, 0) is 44.7 Å². The van der Waals surface area contributed by atoms with E-state index in [9.17, 15) is 9.59 Å². The van der Waals surface area contributed by atoms with E-state index in [4.69, 9.17) is 0 Å². The van der Waals surface area contributed by atoms with E-state index in [1.165, 1.54) is 24.6 Å². The summed E-state index contributed by atoms with van der Waals surface area (Å²) in [4.78, 5) is 24.8. The fraction of sp³-hybridized carbons (Fsp3) is 0.474. The minimum atomic E-state index is -0.162. The Balaban J connectivity index is 1.38. The first-order valence-corrected chi connectivity index (χ1v) is 10.4. The highest BCUT2D eigenvalue weighted by Gasteiger charge is 2.30. The van der Waals surface area contributed by atoms with Gasteiger partial charge < -0.3 is 15.2 Å². The third-order valence-electron chi connectivity index (χ3n) is 4.69. The Morgan fingerprint density at radius 1 is 1.19 bits per heavy atom. The molecule has 2 saturated carbocycles. The lowest BCUT2D eigenvalue weighted by Crippen LogP contribution is -2.27. The maximum atomic E-state index is 12.4. The summed E-state index contributed by atoms with van der Waals surface area (Å²) in [7, 11) is 0. The first kappa shape index (κ1) is 18.0. The molecule has 0 atom stereocenters. The van der Waals surface area contributed by atoms with Crippen molar-refractivity contribution in [1.29, 1.82) is 0 Å². The number of carbonyl (C=O) groups is 2. The number of aromatic nitrogens is 3. The van der Waals surface area contributed by atoms with Gasteiger partial charge in [0.05, 0.1) is 17.0 Å². The van der Waals surface area contributed by atoms with E-state index in [2.05, 4.69) is 32.3 Å². The van der Waals surface area contributed by atoms with Gasteiger partial charge in [-0.1, -0.05) is 23.9 Å². The predicted molar refractivity (Wildman–Crippen MR) is 104 cm³/mol. The number of carbonyl (C=O) groups excluding carboxylic acids is 2. The van der Waals surface area contributed by atoms with E-state index in [0.29, 0.717) is 17.2 Å². The summed E-state index contributed by atoms with van der Waals surface area (Å²) in [6.45, 7) is 2.86. The van der Waals surface area contributed by atoms with Crippen LogP contribution in [0.2, 0.25) is 0 Å². The second kappa shape index (κ2) is 7.72. The van der Waals surface area contributed by atoms with Gasteiger partial charge in [0.1, 0.15) is 5.82 Å². The molecule has 2 aliphatic rings. The highest BCUT2D eigenvalue weighted by molar-refractivity contribution is 7.99. The van der Waals surface area contributed by atoms with Crippen molar-refractivity contribution in [2.45, 2.75) is 56.3 Å². The van der Waals surface area contributed by atoms with E-state index >= 15 is 0 Å². The number of rotatable bonds is 8. The first-order valence-electron chi connectivity index (χ1n) is 9.41. The molecule has 1 heterocycles. The summed E-state index contributed by atoms with van der Waals surface area (Å²) in [5.41, 5.74) is 1.03. The fourth-order valence-corrected chi connectivity index (χ4v) is 3.75. The molecular formula is C19H23N5O2S. The molecule has 4 rings (SSSR count). The fourth-order valence-electron chi connectivity index (χ4n) is 2.94. The zero-order valence-corrected chi connectivity index (χ0v) is 16.1. The van der Waals surface area contributed by atoms with E-state index in [1.807, 2.05) is 6.07 Å². The van der Waals surface area contributed by atoms with E-state index in [1.54, 1.807) is 18.2 Å². The summed E-state index contributed by atoms with van der Waals surface area (Å²) >= 11 is 1.38. The van der Waals surface area contributed by atoms with Crippen LogP contribution in [0.1, 0.15) is 54.7 Å². The zero-order chi connectivity index (χ0) is 18.8. The van der Waals surface area contributed by atoms with Crippen molar-refractivity contribution in [3.05, 3.63) is 35.7 Å². The smallest absolute Gasteiger partial charge is 0.253 e. The Morgan fingerprint density at radius 2 is 1.96 bits per heavy atom. The Hall–Kier alpha value is -2.35. The summed E-state index contributed by atoms with van der Waals surface area (Å²) in [5, 5.41) is 15.1. The minimum Gasteiger partial charge on any atom is -0.349 e. The van der Waals surface area contributed by atoms with E-state index in [0.717, 1.165) is 30.4 Å². The van der Waals surface area contributed by atoms with Crippen molar-refractivity contribution < 1.29 is 9.59 Å². The molecule has 7 nitrogen and oxygen atoms in total. The number of nitrogens with one attached hydrogen (secondary N) is 2. The van der Waals surface area contributed by atoms with Crippen LogP contribution in [0.25, 0.3) is 0 Å². The molecule has 8 heteroatoms. The van der Waals surface area contributed by atoms with Crippen LogP contribution in [0.5, 0.6) is 0 Å². The Bertz CT molecular complexity index is 858. The standard InChI is InChI=1S/C19H23N5O2S/c1-2-24-17(12-7-8-12)22-23-19(24)27-11-16(25)21-15-6-4-3-5-14(15)18(26)20-13-9-10-13/h3-6,12-13H,2,7-11H2,1H3,(H,20,26)(H,21,25). The Kier molecular flexibility index (Phi) is 5.15. The van der Waals surface area contributed by atoms with Crippen LogP contribution < -0.4 is 10.6 Å². The van der Waals surface area contributed by atoms with Crippen LogP contribution in [0.3, 0.4) is 0 Å². The highest BCUT2D eigenvalue weighted by atomic mass is 32.2. The number of hydrogen-bond acceptors (Lipinski definition) is 5. The molecule has 1 aromatic carbocycles. The van der Waals surface area contributed by atoms with Gasteiger partial charge in [0.25, 0.3) is 5.91 Å². The molecular weight excluding hydrogens is 362 g/mol. The number of thioether (sulfide) groups is 1. The topological polar surface area (TPSA) is 88.9 Å². The molecule has 0 radical (unpaired) electrons. The van der Waals surface area contributed by atoms with Crippen molar-refractivity contribution >= 4 is 29.3 Å². The van der Waals surface area contributed by atoms with Crippen molar-refractivity contribution in [1.82, 2.24) is 20.1 Å².